The van der Waals surface area contributed by atoms with E-state index < -0.39 is 0 Å². The summed E-state index contributed by atoms with van der Waals surface area (Å²) in [6, 6.07) is 19.7. The summed E-state index contributed by atoms with van der Waals surface area (Å²) in [6.45, 7) is 5.46. The van der Waals surface area contributed by atoms with Crippen LogP contribution in [0.2, 0.25) is 0 Å². The Labute approximate surface area is 133 Å². The highest BCUT2D eigenvalue weighted by Gasteiger charge is 2.10. The van der Waals surface area contributed by atoms with Gasteiger partial charge < -0.3 is 0 Å². The summed E-state index contributed by atoms with van der Waals surface area (Å²) in [7, 11) is 0. The summed E-state index contributed by atoms with van der Waals surface area (Å²) in [5, 5.41) is 2.66. The van der Waals surface area contributed by atoms with Crippen molar-refractivity contribution in [3.8, 4) is 0 Å². The van der Waals surface area contributed by atoms with Gasteiger partial charge in [-0.15, -0.1) is 0 Å². The van der Waals surface area contributed by atoms with Crippen LogP contribution < -0.4 is 4.57 Å². The molecule has 0 fully saturated rings. The predicted molar refractivity (Wildman–Crippen MR) is 93.0 cm³/mol. The molecule has 112 valence electrons. The number of hydrogen-bond donors (Lipinski definition) is 0. The molecule has 0 atom stereocenters. The molecule has 0 saturated heterocycles. The lowest BCUT2D eigenvalue weighted by molar-refractivity contribution is -0.688. The molecule has 0 N–H and O–H groups in total. The topological polar surface area (TPSA) is 3.88 Å². The Morgan fingerprint density at radius 1 is 0.818 bits per heavy atom. The molecule has 3 aromatic rings. The smallest absolute Gasteiger partial charge is 0.174 e. The van der Waals surface area contributed by atoms with Crippen molar-refractivity contribution >= 4 is 10.8 Å². The van der Waals surface area contributed by atoms with Crippen molar-refractivity contribution in [1.29, 1.82) is 0 Å². The van der Waals surface area contributed by atoms with Gasteiger partial charge in [0.1, 0.15) is 0 Å². The molecule has 22 heavy (non-hydrogen) atoms. The molecule has 3 rings (SSSR count). The van der Waals surface area contributed by atoms with E-state index >= 15 is 0 Å². The molecule has 0 aliphatic rings. The number of nitrogens with zero attached hydrogens (tertiary/aromatic N) is 1. The molecule has 0 saturated carbocycles. The SMILES string of the molecule is CCC(CC)c1cc[n+](Cc2cccc3ccccc23)cc1. The summed E-state index contributed by atoms with van der Waals surface area (Å²) in [4.78, 5) is 0. The van der Waals surface area contributed by atoms with Gasteiger partial charge >= 0.3 is 0 Å². The van der Waals surface area contributed by atoms with Gasteiger partial charge in [-0.1, -0.05) is 56.3 Å². The van der Waals surface area contributed by atoms with E-state index in [0.717, 1.165) is 6.54 Å². The zero-order valence-electron chi connectivity index (χ0n) is 13.5. The molecule has 0 unspecified atom stereocenters. The molecular formula is C21H24N+. The molecule has 0 radical (unpaired) electrons. The fraction of sp³-hybridized carbons (Fsp3) is 0.286. The number of fused-ring (bicyclic) bond motifs is 1. The third-order valence-electron chi connectivity index (χ3n) is 4.61. The van der Waals surface area contributed by atoms with Gasteiger partial charge in [-0.25, -0.2) is 4.57 Å². The zero-order valence-corrected chi connectivity index (χ0v) is 13.5. The normalized spacial score (nSPS) is 11.2. The van der Waals surface area contributed by atoms with E-state index in [4.69, 9.17) is 0 Å². The standard InChI is InChI=1S/C21H24N/c1-3-17(4-2)18-12-14-22(15-13-18)16-20-10-7-9-19-8-5-6-11-21(19)20/h5-15,17H,3-4,16H2,1-2H3/q+1. The number of aromatic nitrogens is 1. The minimum Gasteiger partial charge on any atom is -0.201 e. The minimum absolute atomic E-state index is 0.687. The van der Waals surface area contributed by atoms with Crippen molar-refractivity contribution < 1.29 is 4.57 Å². The maximum atomic E-state index is 2.28. The lowest BCUT2D eigenvalue weighted by Gasteiger charge is -2.11. The molecule has 0 bridgehead atoms. The molecule has 0 aliphatic heterocycles. The second-order valence-electron chi connectivity index (χ2n) is 5.96. The van der Waals surface area contributed by atoms with Crippen LogP contribution in [0.3, 0.4) is 0 Å². The van der Waals surface area contributed by atoms with Crippen LogP contribution in [-0.2, 0) is 6.54 Å². The van der Waals surface area contributed by atoms with E-state index in [2.05, 4.69) is 85.4 Å². The molecule has 1 nitrogen and oxygen atoms in total. The Morgan fingerprint density at radius 3 is 2.23 bits per heavy atom. The van der Waals surface area contributed by atoms with Crippen LogP contribution >= 0.6 is 0 Å². The molecule has 1 heterocycles. The summed E-state index contributed by atoms with van der Waals surface area (Å²) in [5.41, 5.74) is 2.83. The average molecular weight is 290 g/mol. The first-order chi connectivity index (χ1) is 10.8. The van der Waals surface area contributed by atoms with Crippen LogP contribution in [0.25, 0.3) is 10.8 Å². The van der Waals surface area contributed by atoms with E-state index in [-0.39, 0.29) is 0 Å². The summed E-state index contributed by atoms with van der Waals surface area (Å²) in [6.07, 6.45) is 6.86. The zero-order chi connectivity index (χ0) is 15.4. The van der Waals surface area contributed by atoms with Crippen molar-refractivity contribution in [2.45, 2.75) is 39.2 Å². The fourth-order valence-corrected chi connectivity index (χ4v) is 3.23. The van der Waals surface area contributed by atoms with Gasteiger partial charge in [0.2, 0.25) is 0 Å². The van der Waals surface area contributed by atoms with E-state index in [0.29, 0.717) is 5.92 Å². The van der Waals surface area contributed by atoms with Crippen LogP contribution in [-0.4, -0.2) is 0 Å². The molecule has 0 amide bonds. The molecule has 1 heteroatoms. The lowest BCUT2D eigenvalue weighted by Crippen LogP contribution is -2.33. The van der Waals surface area contributed by atoms with Gasteiger partial charge in [-0.05, 0) is 35.1 Å². The van der Waals surface area contributed by atoms with Crippen molar-refractivity contribution in [3.63, 3.8) is 0 Å². The highest BCUT2D eigenvalue weighted by Crippen LogP contribution is 2.22. The van der Waals surface area contributed by atoms with Crippen LogP contribution in [0, 0.1) is 0 Å². The third kappa shape index (κ3) is 3.04. The number of rotatable bonds is 5. The van der Waals surface area contributed by atoms with Crippen molar-refractivity contribution in [3.05, 3.63) is 78.1 Å². The number of pyridine rings is 1. The first-order valence-corrected chi connectivity index (χ1v) is 8.27. The number of hydrogen-bond acceptors (Lipinski definition) is 0. The van der Waals surface area contributed by atoms with E-state index in [9.17, 15) is 0 Å². The van der Waals surface area contributed by atoms with E-state index in [1.54, 1.807) is 0 Å². The average Bonchev–Trinajstić information content (AvgIpc) is 2.58. The van der Waals surface area contributed by atoms with Gasteiger partial charge in [0.15, 0.2) is 18.9 Å². The van der Waals surface area contributed by atoms with E-state index in [1.165, 1.54) is 34.7 Å². The largest absolute Gasteiger partial charge is 0.201 e. The van der Waals surface area contributed by atoms with Crippen LogP contribution in [0.4, 0.5) is 0 Å². The Morgan fingerprint density at radius 2 is 1.50 bits per heavy atom. The first kappa shape index (κ1) is 14.8. The predicted octanol–water partition coefficient (Wildman–Crippen LogP) is 5.08. The van der Waals surface area contributed by atoms with Gasteiger partial charge in [0, 0.05) is 17.7 Å². The molecular weight excluding hydrogens is 266 g/mol. The highest BCUT2D eigenvalue weighted by molar-refractivity contribution is 5.85. The molecule has 0 aliphatic carbocycles. The van der Waals surface area contributed by atoms with Gasteiger partial charge in [0.05, 0.1) is 0 Å². The van der Waals surface area contributed by atoms with Gasteiger partial charge in [0.25, 0.3) is 0 Å². The Kier molecular flexibility index (Phi) is 4.53. The highest BCUT2D eigenvalue weighted by atomic mass is 14.9. The van der Waals surface area contributed by atoms with E-state index in [1.807, 2.05) is 0 Å². The quantitative estimate of drug-likeness (QED) is 0.577. The second-order valence-corrected chi connectivity index (χ2v) is 5.96. The van der Waals surface area contributed by atoms with Gasteiger partial charge in [-0.2, -0.15) is 0 Å². The Bertz CT molecular complexity index is 734. The number of benzene rings is 2. The van der Waals surface area contributed by atoms with Crippen LogP contribution in [0.15, 0.2) is 67.0 Å². The third-order valence-corrected chi connectivity index (χ3v) is 4.61. The van der Waals surface area contributed by atoms with Crippen molar-refractivity contribution in [2.24, 2.45) is 0 Å². The Hall–Kier alpha value is -2.15. The second kappa shape index (κ2) is 6.74. The maximum Gasteiger partial charge on any atom is 0.174 e. The lowest BCUT2D eigenvalue weighted by atomic mass is 9.95. The Balaban J connectivity index is 1.86. The fourth-order valence-electron chi connectivity index (χ4n) is 3.23. The molecule has 2 aromatic carbocycles. The van der Waals surface area contributed by atoms with Crippen LogP contribution in [0.5, 0.6) is 0 Å². The molecule has 1 aromatic heterocycles. The van der Waals surface area contributed by atoms with Crippen LogP contribution in [0.1, 0.15) is 43.7 Å². The first-order valence-electron chi connectivity index (χ1n) is 8.27. The van der Waals surface area contributed by atoms with Crippen molar-refractivity contribution in [2.75, 3.05) is 0 Å². The van der Waals surface area contributed by atoms with Crippen molar-refractivity contribution in [1.82, 2.24) is 0 Å². The monoisotopic (exact) mass is 290 g/mol. The summed E-state index contributed by atoms with van der Waals surface area (Å²) < 4.78 is 2.27. The molecule has 0 spiro atoms. The van der Waals surface area contributed by atoms with Gasteiger partial charge in [-0.3, -0.25) is 0 Å². The summed E-state index contributed by atoms with van der Waals surface area (Å²) in [5.74, 6) is 0.687. The minimum atomic E-state index is 0.687. The maximum absolute atomic E-state index is 2.28. The summed E-state index contributed by atoms with van der Waals surface area (Å²) >= 11 is 0.